The van der Waals surface area contributed by atoms with Crippen LogP contribution in [0.25, 0.3) is 11.1 Å². The Morgan fingerprint density at radius 1 is 1.09 bits per heavy atom. The molecule has 0 amide bonds. The molecule has 0 unspecified atom stereocenters. The minimum atomic E-state index is 1.11. The van der Waals surface area contributed by atoms with Crippen molar-refractivity contribution in [1.29, 1.82) is 0 Å². The Kier molecular flexibility index (Phi) is 4.29. The van der Waals surface area contributed by atoms with Gasteiger partial charge in [0, 0.05) is 0 Å². The van der Waals surface area contributed by atoms with E-state index < -0.39 is 0 Å². The molecule has 0 nitrogen and oxygen atoms in total. The van der Waals surface area contributed by atoms with Gasteiger partial charge in [0.15, 0.2) is 0 Å². The SMILES string of the molecule is C/C=C(\C)c1ccc2c(c1)C(c1ccccc1)=C(CCC)C2. The largest absolute Gasteiger partial charge is 0.0841 e. The Bertz CT molecular complexity index is 730. The number of hydrogen-bond donors (Lipinski definition) is 0. The van der Waals surface area contributed by atoms with E-state index in [1.165, 1.54) is 46.2 Å². The first kappa shape index (κ1) is 14.8. The maximum atomic E-state index is 2.38. The molecule has 1 aliphatic carbocycles. The molecule has 2 aromatic carbocycles. The lowest BCUT2D eigenvalue weighted by molar-refractivity contribution is 0.884. The van der Waals surface area contributed by atoms with Crippen molar-refractivity contribution in [1.82, 2.24) is 0 Å². The molecule has 0 heterocycles. The Balaban J connectivity index is 2.15. The molecule has 0 N–H and O–H groups in total. The highest BCUT2D eigenvalue weighted by Crippen LogP contribution is 2.40. The van der Waals surface area contributed by atoms with E-state index in [0.717, 1.165) is 6.42 Å². The van der Waals surface area contributed by atoms with Crippen LogP contribution in [-0.2, 0) is 6.42 Å². The Morgan fingerprint density at radius 2 is 1.86 bits per heavy atom. The molecule has 0 saturated carbocycles. The van der Waals surface area contributed by atoms with Gasteiger partial charge in [-0.3, -0.25) is 0 Å². The Hall–Kier alpha value is -2.08. The van der Waals surface area contributed by atoms with Crippen LogP contribution in [0.4, 0.5) is 0 Å². The number of fused-ring (bicyclic) bond motifs is 1. The Morgan fingerprint density at radius 3 is 2.55 bits per heavy atom. The van der Waals surface area contributed by atoms with E-state index in [0.29, 0.717) is 0 Å². The summed E-state index contributed by atoms with van der Waals surface area (Å²) in [4.78, 5) is 0. The van der Waals surface area contributed by atoms with Gasteiger partial charge in [0.05, 0.1) is 0 Å². The average Bonchev–Trinajstić information content (AvgIpc) is 2.92. The van der Waals surface area contributed by atoms with Crippen LogP contribution in [0.2, 0.25) is 0 Å². The van der Waals surface area contributed by atoms with Gasteiger partial charge in [-0.1, -0.05) is 67.5 Å². The van der Waals surface area contributed by atoms with Crippen molar-refractivity contribution in [2.45, 2.75) is 40.0 Å². The van der Waals surface area contributed by atoms with E-state index in [2.05, 4.69) is 75.4 Å². The summed E-state index contributed by atoms with van der Waals surface area (Å²) >= 11 is 0. The zero-order valence-corrected chi connectivity index (χ0v) is 13.8. The van der Waals surface area contributed by atoms with Gasteiger partial charge >= 0.3 is 0 Å². The monoisotopic (exact) mass is 288 g/mol. The molecule has 3 rings (SSSR count). The molecule has 0 fully saturated rings. The normalized spacial score (nSPS) is 14.4. The van der Waals surface area contributed by atoms with Crippen molar-refractivity contribution in [2.75, 3.05) is 0 Å². The van der Waals surface area contributed by atoms with Crippen LogP contribution in [0.15, 0.2) is 60.2 Å². The third kappa shape index (κ3) is 2.66. The lowest BCUT2D eigenvalue weighted by Crippen LogP contribution is -1.90. The maximum Gasteiger partial charge on any atom is -0.00515 e. The standard InChI is InChI=1S/C22H24/c1-4-9-20-14-19-13-12-18(16(3)5-2)15-21(19)22(20)17-10-7-6-8-11-17/h5-8,10-13,15H,4,9,14H2,1-3H3/b16-5+. The highest BCUT2D eigenvalue weighted by molar-refractivity contribution is 5.88. The maximum absolute atomic E-state index is 2.38. The van der Waals surface area contributed by atoms with Crippen LogP contribution in [0, 0.1) is 0 Å². The average molecular weight is 288 g/mol. The first-order chi connectivity index (χ1) is 10.7. The van der Waals surface area contributed by atoms with E-state index in [4.69, 9.17) is 0 Å². The number of rotatable bonds is 4. The molecule has 0 heteroatoms. The van der Waals surface area contributed by atoms with Crippen LogP contribution in [0.1, 0.15) is 55.9 Å². The molecule has 0 aliphatic heterocycles. The number of allylic oxidation sites excluding steroid dienone is 3. The van der Waals surface area contributed by atoms with Crippen LogP contribution < -0.4 is 0 Å². The first-order valence-corrected chi connectivity index (χ1v) is 8.28. The molecular weight excluding hydrogens is 264 g/mol. The quantitative estimate of drug-likeness (QED) is 0.622. The van der Waals surface area contributed by atoms with Gasteiger partial charge in [0.1, 0.15) is 0 Å². The van der Waals surface area contributed by atoms with E-state index in [1.54, 1.807) is 5.57 Å². The Labute approximate surface area is 134 Å². The molecule has 0 bridgehead atoms. The summed E-state index contributed by atoms with van der Waals surface area (Å²) in [7, 11) is 0. The van der Waals surface area contributed by atoms with Crippen molar-refractivity contribution >= 4 is 11.1 Å². The predicted molar refractivity (Wildman–Crippen MR) is 96.8 cm³/mol. The second-order valence-electron chi connectivity index (χ2n) is 6.11. The predicted octanol–water partition coefficient (Wildman–Crippen LogP) is 6.27. The fourth-order valence-electron chi connectivity index (χ4n) is 3.36. The third-order valence-corrected chi connectivity index (χ3v) is 4.64. The lowest BCUT2D eigenvalue weighted by Gasteiger charge is -2.10. The molecule has 0 atom stereocenters. The fraction of sp³-hybridized carbons (Fsp3) is 0.273. The van der Waals surface area contributed by atoms with Gasteiger partial charge in [0.25, 0.3) is 0 Å². The van der Waals surface area contributed by atoms with Crippen LogP contribution in [-0.4, -0.2) is 0 Å². The topological polar surface area (TPSA) is 0 Å². The highest BCUT2D eigenvalue weighted by Gasteiger charge is 2.22. The minimum Gasteiger partial charge on any atom is -0.0841 e. The summed E-state index contributed by atoms with van der Waals surface area (Å²) in [6.45, 7) is 6.57. The van der Waals surface area contributed by atoms with Gasteiger partial charge in [-0.05, 0) is 66.2 Å². The van der Waals surface area contributed by atoms with E-state index in [9.17, 15) is 0 Å². The lowest BCUT2D eigenvalue weighted by atomic mass is 9.94. The van der Waals surface area contributed by atoms with E-state index in [-0.39, 0.29) is 0 Å². The van der Waals surface area contributed by atoms with Crippen molar-refractivity contribution in [3.63, 3.8) is 0 Å². The molecule has 0 spiro atoms. The van der Waals surface area contributed by atoms with Crippen molar-refractivity contribution in [3.05, 3.63) is 82.4 Å². The summed E-state index contributed by atoms with van der Waals surface area (Å²) in [6, 6.07) is 17.9. The van der Waals surface area contributed by atoms with Crippen LogP contribution in [0.5, 0.6) is 0 Å². The van der Waals surface area contributed by atoms with Gasteiger partial charge in [0.2, 0.25) is 0 Å². The first-order valence-electron chi connectivity index (χ1n) is 8.28. The van der Waals surface area contributed by atoms with Gasteiger partial charge < -0.3 is 0 Å². The van der Waals surface area contributed by atoms with Crippen LogP contribution in [0.3, 0.4) is 0 Å². The molecule has 0 saturated heterocycles. The third-order valence-electron chi connectivity index (χ3n) is 4.64. The fourth-order valence-corrected chi connectivity index (χ4v) is 3.36. The smallest absolute Gasteiger partial charge is 0.00515 e. The number of benzene rings is 2. The second kappa shape index (κ2) is 6.36. The summed E-state index contributed by atoms with van der Waals surface area (Å²) in [5.74, 6) is 0. The molecule has 112 valence electrons. The number of hydrogen-bond acceptors (Lipinski definition) is 0. The van der Waals surface area contributed by atoms with Gasteiger partial charge in [-0.2, -0.15) is 0 Å². The highest BCUT2D eigenvalue weighted by atomic mass is 14.3. The molecule has 22 heavy (non-hydrogen) atoms. The second-order valence-corrected chi connectivity index (χ2v) is 6.11. The van der Waals surface area contributed by atoms with Crippen molar-refractivity contribution in [3.8, 4) is 0 Å². The summed E-state index contributed by atoms with van der Waals surface area (Å²) in [6.07, 6.45) is 5.70. The molecular formula is C22H24. The van der Waals surface area contributed by atoms with E-state index >= 15 is 0 Å². The van der Waals surface area contributed by atoms with E-state index in [1.807, 2.05) is 0 Å². The van der Waals surface area contributed by atoms with Gasteiger partial charge in [-0.15, -0.1) is 0 Å². The van der Waals surface area contributed by atoms with Gasteiger partial charge in [-0.25, -0.2) is 0 Å². The molecule has 0 aromatic heterocycles. The molecule has 1 aliphatic rings. The summed E-state index contributed by atoms with van der Waals surface area (Å²) in [5.41, 5.74) is 10.0. The summed E-state index contributed by atoms with van der Waals surface area (Å²) in [5, 5.41) is 0. The zero-order chi connectivity index (χ0) is 15.5. The van der Waals surface area contributed by atoms with Crippen LogP contribution >= 0.6 is 0 Å². The minimum absolute atomic E-state index is 1.11. The molecule has 2 aromatic rings. The zero-order valence-electron chi connectivity index (χ0n) is 13.8. The molecule has 0 radical (unpaired) electrons. The summed E-state index contributed by atoms with van der Waals surface area (Å²) < 4.78 is 0. The van der Waals surface area contributed by atoms with Crippen molar-refractivity contribution in [2.24, 2.45) is 0 Å². The van der Waals surface area contributed by atoms with Crippen molar-refractivity contribution < 1.29 is 0 Å².